The number of nitrogens with one attached hydrogen (secondary N) is 1. The van der Waals surface area contributed by atoms with Gasteiger partial charge in [0.2, 0.25) is 0 Å². The molecule has 8 nitrogen and oxygen atoms in total. The van der Waals surface area contributed by atoms with Gasteiger partial charge in [0.25, 0.3) is 5.78 Å². The highest BCUT2D eigenvalue weighted by Crippen LogP contribution is 2.38. The quantitative estimate of drug-likeness (QED) is 0.733. The molecule has 4 heterocycles. The van der Waals surface area contributed by atoms with Gasteiger partial charge >= 0.3 is 0 Å². The van der Waals surface area contributed by atoms with Crippen LogP contribution in [0.25, 0.3) is 16.0 Å². The summed E-state index contributed by atoms with van der Waals surface area (Å²) in [5.74, 6) is 1.25. The van der Waals surface area contributed by atoms with Crippen LogP contribution in [0.3, 0.4) is 0 Å². The van der Waals surface area contributed by atoms with Crippen molar-refractivity contribution in [3.63, 3.8) is 0 Å². The third-order valence-electron chi connectivity index (χ3n) is 4.22. The number of aliphatic hydroxyl groups excluding tert-OH is 1. The standard InChI is InChI=1S/C14H19N7OS/c1-3-20-5-4-9-10(7-20)23-13-11(9)12(15-6-8(2)22)16-14-17-18-19-21(13)14/h8,22H,3-7H2,1-2H3,(H,15,16,17,19)/t8-/m1/s1. The Morgan fingerprint density at radius 3 is 3.09 bits per heavy atom. The van der Waals surface area contributed by atoms with E-state index < -0.39 is 6.10 Å². The Labute approximate surface area is 137 Å². The lowest BCUT2D eigenvalue weighted by Crippen LogP contribution is -2.29. The Morgan fingerprint density at radius 1 is 1.43 bits per heavy atom. The fourth-order valence-corrected chi connectivity index (χ4v) is 4.35. The lowest BCUT2D eigenvalue weighted by atomic mass is 10.0. The Hall–Kier alpha value is -1.84. The van der Waals surface area contributed by atoms with Gasteiger partial charge in [0.1, 0.15) is 10.6 Å². The number of likely N-dealkylation sites (N-methyl/N-ethyl adjacent to an activating group) is 1. The van der Waals surface area contributed by atoms with Crippen LogP contribution in [-0.2, 0) is 13.0 Å². The summed E-state index contributed by atoms with van der Waals surface area (Å²) in [6.45, 7) is 7.47. The Kier molecular flexibility index (Phi) is 3.63. The van der Waals surface area contributed by atoms with Crippen molar-refractivity contribution in [3.05, 3.63) is 10.4 Å². The third-order valence-corrected chi connectivity index (χ3v) is 5.42. The van der Waals surface area contributed by atoms with Crippen molar-refractivity contribution < 1.29 is 5.11 Å². The van der Waals surface area contributed by atoms with Gasteiger partial charge in [-0.3, -0.25) is 4.90 Å². The van der Waals surface area contributed by atoms with E-state index in [1.807, 2.05) is 0 Å². The number of fused-ring (bicyclic) bond motifs is 5. The van der Waals surface area contributed by atoms with E-state index in [9.17, 15) is 5.11 Å². The van der Waals surface area contributed by atoms with Crippen molar-refractivity contribution in [1.29, 1.82) is 0 Å². The molecule has 122 valence electrons. The first-order valence-electron chi connectivity index (χ1n) is 7.84. The zero-order chi connectivity index (χ0) is 16.0. The Balaban J connectivity index is 1.90. The lowest BCUT2D eigenvalue weighted by Gasteiger charge is -2.25. The maximum Gasteiger partial charge on any atom is 0.276 e. The van der Waals surface area contributed by atoms with Crippen LogP contribution in [0.1, 0.15) is 24.3 Å². The summed E-state index contributed by atoms with van der Waals surface area (Å²) >= 11 is 1.74. The van der Waals surface area contributed by atoms with Crippen LogP contribution in [0.15, 0.2) is 0 Å². The van der Waals surface area contributed by atoms with E-state index in [-0.39, 0.29) is 0 Å². The number of aromatic nitrogens is 5. The average molecular weight is 333 g/mol. The molecule has 4 rings (SSSR count). The molecular weight excluding hydrogens is 314 g/mol. The maximum absolute atomic E-state index is 9.57. The zero-order valence-corrected chi connectivity index (χ0v) is 14.0. The van der Waals surface area contributed by atoms with Crippen LogP contribution in [0.4, 0.5) is 5.82 Å². The first-order chi connectivity index (χ1) is 11.2. The van der Waals surface area contributed by atoms with E-state index in [2.05, 4.69) is 37.6 Å². The van der Waals surface area contributed by atoms with Crippen molar-refractivity contribution in [2.45, 2.75) is 32.9 Å². The molecule has 3 aromatic rings. The highest BCUT2D eigenvalue weighted by atomic mass is 32.1. The number of nitrogens with zero attached hydrogens (tertiary/aromatic N) is 6. The molecule has 2 N–H and O–H groups in total. The van der Waals surface area contributed by atoms with Crippen LogP contribution in [-0.4, -0.2) is 60.8 Å². The van der Waals surface area contributed by atoms with E-state index in [1.165, 1.54) is 10.4 Å². The van der Waals surface area contributed by atoms with Gasteiger partial charge in [-0.05, 0) is 35.9 Å². The summed E-state index contributed by atoms with van der Waals surface area (Å²) in [5, 5.41) is 25.7. The molecule has 0 unspecified atom stereocenters. The second-order valence-corrected chi connectivity index (χ2v) is 6.97. The molecule has 0 aromatic carbocycles. The molecule has 0 bridgehead atoms. The molecule has 0 saturated heterocycles. The Morgan fingerprint density at radius 2 is 2.30 bits per heavy atom. The van der Waals surface area contributed by atoms with Crippen LogP contribution in [0.5, 0.6) is 0 Å². The SMILES string of the molecule is CCN1CCc2c(sc3c2c(NC[C@@H](C)O)nc2nnnn23)C1. The van der Waals surface area contributed by atoms with Gasteiger partial charge in [-0.15, -0.1) is 11.3 Å². The zero-order valence-electron chi connectivity index (χ0n) is 13.2. The highest BCUT2D eigenvalue weighted by Gasteiger charge is 2.25. The number of aliphatic hydroxyl groups is 1. The largest absolute Gasteiger partial charge is 0.392 e. The van der Waals surface area contributed by atoms with Crippen LogP contribution in [0.2, 0.25) is 0 Å². The van der Waals surface area contributed by atoms with Crippen molar-refractivity contribution in [1.82, 2.24) is 29.9 Å². The Bertz CT molecular complexity index is 856. The maximum atomic E-state index is 9.57. The van der Waals surface area contributed by atoms with Gasteiger partial charge in [0, 0.05) is 24.5 Å². The molecule has 1 aliphatic heterocycles. The first kappa shape index (κ1) is 14.7. The van der Waals surface area contributed by atoms with E-state index in [1.54, 1.807) is 22.8 Å². The molecule has 3 aromatic heterocycles. The monoisotopic (exact) mass is 333 g/mol. The molecule has 0 amide bonds. The summed E-state index contributed by atoms with van der Waals surface area (Å²) < 4.78 is 1.71. The molecule has 1 aliphatic rings. The second-order valence-electron chi connectivity index (χ2n) is 5.88. The number of hydrogen-bond donors (Lipinski definition) is 2. The van der Waals surface area contributed by atoms with E-state index >= 15 is 0 Å². The minimum absolute atomic E-state index is 0.441. The second kappa shape index (κ2) is 5.66. The van der Waals surface area contributed by atoms with Crippen LogP contribution < -0.4 is 5.32 Å². The van der Waals surface area contributed by atoms with Gasteiger partial charge in [-0.2, -0.15) is 9.50 Å². The molecule has 9 heteroatoms. The molecule has 0 fully saturated rings. The number of thiophene rings is 1. The van der Waals surface area contributed by atoms with Gasteiger partial charge in [-0.25, -0.2) is 0 Å². The normalized spacial score (nSPS) is 16.8. The highest BCUT2D eigenvalue weighted by molar-refractivity contribution is 7.19. The number of anilines is 1. The van der Waals surface area contributed by atoms with Gasteiger partial charge in [-0.1, -0.05) is 12.0 Å². The number of hydrogen-bond acceptors (Lipinski definition) is 8. The minimum Gasteiger partial charge on any atom is -0.392 e. The fourth-order valence-electron chi connectivity index (χ4n) is 3.02. The molecule has 1 atom stereocenters. The van der Waals surface area contributed by atoms with Gasteiger partial charge < -0.3 is 10.4 Å². The van der Waals surface area contributed by atoms with E-state index in [0.29, 0.717) is 12.3 Å². The minimum atomic E-state index is -0.441. The van der Waals surface area contributed by atoms with Crippen molar-refractivity contribution >= 4 is 33.1 Å². The predicted octanol–water partition coefficient (Wildman–Crippen LogP) is 0.905. The van der Waals surface area contributed by atoms with Crippen LogP contribution >= 0.6 is 11.3 Å². The van der Waals surface area contributed by atoms with Crippen molar-refractivity contribution in [2.75, 3.05) is 25.0 Å². The van der Waals surface area contributed by atoms with Gasteiger partial charge in [0.15, 0.2) is 0 Å². The number of tetrazole rings is 1. The van der Waals surface area contributed by atoms with Gasteiger partial charge in [0.05, 0.1) is 11.5 Å². The smallest absolute Gasteiger partial charge is 0.276 e. The van der Waals surface area contributed by atoms with E-state index in [4.69, 9.17) is 0 Å². The van der Waals surface area contributed by atoms with Crippen molar-refractivity contribution in [3.8, 4) is 0 Å². The topological polar surface area (TPSA) is 91.5 Å². The third kappa shape index (κ3) is 2.44. The predicted molar refractivity (Wildman–Crippen MR) is 88.8 cm³/mol. The van der Waals surface area contributed by atoms with Crippen molar-refractivity contribution in [2.24, 2.45) is 0 Å². The summed E-state index contributed by atoms with van der Waals surface area (Å²) in [7, 11) is 0. The summed E-state index contributed by atoms with van der Waals surface area (Å²) in [5.41, 5.74) is 1.34. The molecule has 23 heavy (non-hydrogen) atoms. The van der Waals surface area contributed by atoms with Crippen LogP contribution in [0, 0.1) is 0 Å². The molecule has 0 aliphatic carbocycles. The molecule has 0 saturated carbocycles. The fraction of sp³-hybridized carbons (Fsp3) is 0.571. The average Bonchev–Trinajstić information content (AvgIpc) is 3.15. The molecule has 0 spiro atoms. The van der Waals surface area contributed by atoms with E-state index in [0.717, 1.165) is 42.1 Å². The summed E-state index contributed by atoms with van der Waals surface area (Å²) in [6, 6.07) is 0. The lowest BCUT2D eigenvalue weighted by molar-refractivity contribution is 0.208. The first-order valence-corrected chi connectivity index (χ1v) is 8.65. The summed E-state index contributed by atoms with van der Waals surface area (Å²) in [4.78, 5) is 9.37. The molecular formula is C14H19N7OS. The molecule has 0 radical (unpaired) electrons. The summed E-state index contributed by atoms with van der Waals surface area (Å²) in [6.07, 6.45) is 0.561. The number of rotatable bonds is 4.